The Kier molecular flexibility index (Phi) is 4.01. The molecule has 1 saturated carbocycles. The van der Waals surface area contributed by atoms with E-state index in [2.05, 4.69) is 9.97 Å². The van der Waals surface area contributed by atoms with Crippen molar-refractivity contribution in [3.63, 3.8) is 0 Å². The Morgan fingerprint density at radius 2 is 1.96 bits per heavy atom. The van der Waals surface area contributed by atoms with Crippen LogP contribution >= 0.6 is 0 Å². The van der Waals surface area contributed by atoms with E-state index in [1.54, 1.807) is 17.8 Å². The minimum Gasteiger partial charge on any atom is -0.501 e. The first-order valence-electron chi connectivity index (χ1n) is 9.01. The molecule has 2 aromatic heterocycles. The fourth-order valence-corrected chi connectivity index (χ4v) is 4.27. The highest BCUT2D eigenvalue weighted by Gasteiger charge is 2.39. The highest BCUT2D eigenvalue weighted by Crippen LogP contribution is 2.42. The molecular weight excluding hydrogens is 332 g/mol. The Hall–Kier alpha value is -2.70. The number of hydrogen-bond acceptors (Lipinski definition) is 5. The number of carbonyl (C=O) groups is 1. The molecular formula is C19H22N4O3. The Labute approximate surface area is 151 Å². The molecule has 0 spiro atoms. The second kappa shape index (κ2) is 6.23. The molecule has 0 aromatic carbocycles. The highest BCUT2D eigenvalue weighted by molar-refractivity contribution is 5.95. The van der Waals surface area contributed by atoms with Gasteiger partial charge in [-0.05, 0) is 25.0 Å². The van der Waals surface area contributed by atoms with Crippen molar-refractivity contribution in [1.29, 1.82) is 0 Å². The first-order chi connectivity index (χ1) is 12.5. The summed E-state index contributed by atoms with van der Waals surface area (Å²) in [5.74, 6) is -0.326. The van der Waals surface area contributed by atoms with Crippen LogP contribution in [-0.2, 0) is 18.4 Å². The fourth-order valence-electron chi connectivity index (χ4n) is 4.27. The molecule has 7 nitrogen and oxygen atoms in total. The maximum absolute atomic E-state index is 12.5. The number of pyridine rings is 1. The number of aromatic hydroxyl groups is 1. The van der Waals surface area contributed by atoms with Crippen molar-refractivity contribution in [2.75, 3.05) is 13.6 Å². The molecule has 0 saturated heterocycles. The predicted octanol–water partition coefficient (Wildman–Crippen LogP) is 1.48. The highest BCUT2D eigenvalue weighted by atomic mass is 16.3. The summed E-state index contributed by atoms with van der Waals surface area (Å²) in [6, 6.07) is 5.90. The summed E-state index contributed by atoms with van der Waals surface area (Å²) < 4.78 is 1.72. The standard InChI is InChI=1S/C19H22N4O3/c1-22-10-11-23-14(21-17(25)16(24)15(23)18(22)26)12-19(7-3-4-8-19)13-6-2-5-9-20-13/h2,5-6,9,24H,3-4,7-8,10-12H2,1H3. The van der Waals surface area contributed by atoms with Crippen LogP contribution in [0, 0.1) is 0 Å². The van der Waals surface area contributed by atoms with E-state index >= 15 is 0 Å². The summed E-state index contributed by atoms with van der Waals surface area (Å²) >= 11 is 0. The van der Waals surface area contributed by atoms with Crippen molar-refractivity contribution in [1.82, 2.24) is 19.4 Å². The maximum atomic E-state index is 12.5. The molecule has 136 valence electrons. The van der Waals surface area contributed by atoms with E-state index in [9.17, 15) is 14.7 Å². The molecule has 2 aliphatic rings. The third-order valence-corrected chi connectivity index (χ3v) is 5.71. The summed E-state index contributed by atoms with van der Waals surface area (Å²) in [5, 5.41) is 10.1. The number of aromatic nitrogens is 3. The molecule has 2 aromatic rings. The van der Waals surface area contributed by atoms with Gasteiger partial charge in [0.25, 0.3) is 5.91 Å². The minimum atomic E-state index is -0.732. The van der Waals surface area contributed by atoms with Crippen LogP contribution in [0.2, 0.25) is 0 Å². The molecule has 1 amide bonds. The molecule has 3 heterocycles. The monoisotopic (exact) mass is 354 g/mol. The SMILES string of the molecule is CN1CCn2c(CC3(c4ccccn4)CCCC3)nc(=O)c(O)c2C1=O. The van der Waals surface area contributed by atoms with Gasteiger partial charge in [-0.1, -0.05) is 18.9 Å². The summed E-state index contributed by atoms with van der Waals surface area (Å²) in [6.45, 7) is 1.05. The van der Waals surface area contributed by atoms with Gasteiger partial charge in [0.05, 0.1) is 0 Å². The van der Waals surface area contributed by atoms with Gasteiger partial charge in [-0.3, -0.25) is 14.6 Å². The first kappa shape index (κ1) is 16.8. The van der Waals surface area contributed by atoms with E-state index < -0.39 is 11.3 Å². The molecule has 1 aliphatic heterocycles. The van der Waals surface area contributed by atoms with E-state index in [4.69, 9.17) is 0 Å². The molecule has 0 unspecified atom stereocenters. The second-order valence-electron chi connectivity index (χ2n) is 7.29. The van der Waals surface area contributed by atoms with E-state index in [-0.39, 0.29) is 17.0 Å². The molecule has 0 bridgehead atoms. The van der Waals surface area contributed by atoms with Gasteiger partial charge in [0, 0.05) is 43.9 Å². The normalized spacial score (nSPS) is 18.8. The van der Waals surface area contributed by atoms with Gasteiger partial charge < -0.3 is 14.6 Å². The van der Waals surface area contributed by atoms with Crippen molar-refractivity contribution >= 4 is 5.91 Å². The summed E-state index contributed by atoms with van der Waals surface area (Å²) in [6.07, 6.45) is 6.50. The first-order valence-corrected chi connectivity index (χ1v) is 9.01. The zero-order valence-corrected chi connectivity index (χ0v) is 14.8. The van der Waals surface area contributed by atoms with Crippen molar-refractivity contribution in [2.24, 2.45) is 0 Å². The summed E-state index contributed by atoms with van der Waals surface area (Å²) in [5.41, 5.74) is 0.158. The second-order valence-corrected chi connectivity index (χ2v) is 7.29. The average molecular weight is 354 g/mol. The van der Waals surface area contributed by atoms with Gasteiger partial charge in [-0.25, -0.2) is 0 Å². The van der Waals surface area contributed by atoms with Gasteiger partial charge in [0.1, 0.15) is 5.82 Å². The van der Waals surface area contributed by atoms with Gasteiger partial charge in [-0.15, -0.1) is 0 Å². The zero-order chi connectivity index (χ0) is 18.3. The van der Waals surface area contributed by atoms with E-state index in [0.717, 1.165) is 31.4 Å². The van der Waals surface area contributed by atoms with E-state index in [0.29, 0.717) is 25.3 Å². The number of carbonyl (C=O) groups excluding carboxylic acids is 1. The average Bonchev–Trinajstić information content (AvgIpc) is 3.12. The molecule has 1 aliphatic carbocycles. The van der Waals surface area contributed by atoms with Crippen molar-refractivity contribution in [3.05, 3.63) is 52.0 Å². The predicted molar refractivity (Wildman–Crippen MR) is 95.2 cm³/mol. The third-order valence-electron chi connectivity index (χ3n) is 5.71. The van der Waals surface area contributed by atoms with Crippen LogP contribution in [0.3, 0.4) is 0 Å². The Bertz CT molecular complexity index is 901. The minimum absolute atomic E-state index is 0.0583. The van der Waals surface area contributed by atoms with Crippen LogP contribution in [-0.4, -0.2) is 44.0 Å². The molecule has 1 fully saturated rings. The van der Waals surface area contributed by atoms with Crippen LogP contribution in [0.4, 0.5) is 0 Å². The molecule has 1 N–H and O–H groups in total. The summed E-state index contributed by atoms with van der Waals surface area (Å²) in [7, 11) is 1.67. The molecule has 0 radical (unpaired) electrons. The number of hydrogen-bond donors (Lipinski definition) is 1. The molecule has 26 heavy (non-hydrogen) atoms. The van der Waals surface area contributed by atoms with Crippen molar-refractivity contribution < 1.29 is 9.90 Å². The Morgan fingerprint density at radius 1 is 1.19 bits per heavy atom. The number of likely N-dealkylation sites (N-methyl/N-ethyl adjacent to an activating group) is 1. The Morgan fingerprint density at radius 3 is 2.65 bits per heavy atom. The fraction of sp³-hybridized carbons (Fsp3) is 0.474. The van der Waals surface area contributed by atoms with Crippen molar-refractivity contribution in [2.45, 2.75) is 44.1 Å². The lowest BCUT2D eigenvalue weighted by atomic mass is 9.78. The third kappa shape index (κ3) is 2.58. The van der Waals surface area contributed by atoms with Crippen LogP contribution < -0.4 is 5.56 Å². The molecule has 0 atom stereocenters. The van der Waals surface area contributed by atoms with E-state index in [1.807, 2.05) is 18.2 Å². The van der Waals surface area contributed by atoms with Gasteiger partial charge in [0.15, 0.2) is 5.69 Å². The van der Waals surface area contributed by atoms with E-state index in [1.165, 1.54) is 4.90 Å². The zero-order valence-electron chi connectivity index (χ0n) is 14.8. The number of fused-ring (bicyclic) bond motifs is 1. The number of rotatable bonds is 3. The van der Waals surface area contributed by atoms with Gasteiger partial charge >= 0.3 is 5.56 Å². The van der Waals surface area contributed by atoms with Gasteiger partial charge in [0.2, 0.25) is 5.75 Å². The molecule has 4 rings (SSSR count). The quantitative estimate of drug-likeness (QED) is 0.902. The lowest BCUT2D eigenvalue weighted by Crippen LogP contribution is -2.42. The lowest BCUT2D eigenvalue weighted by molar-refractivity contribution is 0.0737. The largest absolute Gasteiger partial charge is 0.501 e. The topological polar surface area (TPSA) is 88.3 Å². The number of amides is 1. The van der Waals surface area contributed by atoms with Crippen LogP contribution in [0.25, 0.3) is 0 Å². The van der Waals surface area contributed by atoms with Crippen LogP contribution in [0.15, 0.2) is 29.2 Å². The number of nitrogens with zero attached hydrogens (tertiary/aromatic N) is 4. The maximum Gasteiger partial charge on any atom is 0.315 e. The molecule has 7 heteroatoms. The van der Waals surface area contributed by atoms with Crippen LogP contribution in [0.1, 0.15) is 47.7 Å². The van der Waals surface area contributed by atoms with Gasteiger partial charge in [-0.2, -0.15) is 4.98 Å². The lowest BCUT2D eigenvalue weighted by Gasteiger charge is -2.32. The van der Waals surface area contributed by atoms with Crippen molar-refractivity contribution in [3.8, 4) is 5.75 Å². The smallest absolute Gasteiger partial charge is 0.315 e. The Balaban J connectivity index is 1.83. The summed E-state index contributed by atoms with van der Waals surface area (Å²) in [4.78, 5) is 34.9. The van der Waals surface area contributed by atoms with Crippen LogP contribution in [0.5, 0.6) is 5.75 Å².